The molecule has 98 valence electrons. The highest BCUT2D eigenvalue weighted by Crippen LogP contribution is 2.32. The van der Waals surface area contributed by atoms with Gasteiger partial charge < -0.3 is 0 Å². The molecule has 0 aliphatic heterocycles. The van der Waals surface area contributed by atoms with Crippen LogP contribution in [0, 0.1) is 17.7 Å². The van der Waals surface area contributed by atoms with Crippen molar-refractivity contribution in [1.82, 2.24) is 0 Å². The fourth-order valence-corrected chi connectivity index (χ4v) is 3.00. The van der Waals surface area contributed by atoms with E-state index in [0.717, 1.165) is 12.3 Å². The third-order valence-electron chi connectivity index (χ3n) is 3.99. The first-order valence-electron chi connectivity index (χ1n) is 6.79. The Bertz CT molecular complexity index is 375. The Hall–Kier alpha value is -0.820. The zero-order valence-electron chi connectivity index (χ0n) is 10.6. The molecule has 0 radical (unpaired) electrons. The normalized spacial score (nSPS) is 24.6. The van der Waals surface area contributed by atoms with Crippen molar-refractivity contribution in [3.8, 4) is 0 Å². The molecule has 0 spiro atoms. The van der Waals surface area contributed by atoms with Crippen molar-refractivity contribution in [2.45, 2.75) is 38.5 Å². The second-order valence-corrected chi connectivity index (χ2v) is 5.52. The van der Waals surface area contributed by atoms with Crippen LogP contribution in [0.1, 0.15) is 37.7 Å². The zero-order valence-corrected chi connectivity index (χ0v) is 11.4. The second kappa shape index (κ2) is 6.94. The highest BCUT2D eigenvalue weighted by atomic mass is 35.5. The van der Waals surface area contributed by atoms with E-state index in [1.54, 1.807) is 17.7 Å². The van der Waals surface area contributed by atoms with Crippen LogP contribution in [-0.4, -0.2) is 0 Å². The highest BCUT2D eigenvalue weighted by Gasteiger charge is 2.19. The summed E-state index contributed by atoms with van der Waals surface area (Å²) in [6.07, 6.45) is 9.54. The molecule has 1 aromatic rings. The number of allylic oxidation sites excluding steroid dienone is 1. The Balaban J connectivity index is 1.73. The Morgan fingerprint density at radius 3 is 2.39 bits per heavy atom. The summed E-state index contributed by atoms with van der Waals surface area (Å²) in [7, 11) is 0. The van der Waals surface area contributed by atoms with Crippen molar-refractivity contribution in [1.29, 1.82) is 0 Å². The van der Waals surface area contributed by atoms with Crippen molar-refractivity contribution in [3.05, 3.63) is 47.3 Å². The summed E-state index contributed by atoms with van der Waals surface area (Å²) in [5.41, 5.74) is 2.91. The van der Waals surface area contributed by atoms with Gasteiger partial charge in [0, 0.05) is 5.54 Å². The standard InChI is InChI=1S/C16H20ClF/c17-12-11-15-5-3-13(4-6-15)1-2-14-7-9-16(18)10-8-14/h7-13,15H,1-6H2/b12-11+. The molecule has 0 heterocycles. The van der Waals surface area contributed by atoms with Gasteiger partial charge in [-0.05, 0) is 68.1 Å². The predicted octanol–water partition coefficient (Wildman–Crippen LogP) is 5.32. The first-order chi connectivity index (χ1) is 8.78. The number of aryl methyl sites for hydroxylation is 1. The number of hydrogen-bond acceptors (Lipinski definition) is 0. The van der Waals surface area contributed by atoms with Crippen LogP contribution in [0.3, 0.4) is 0 Å². The first kappa shape index (κ1) is 13.6. The highest BCUT2D eigenvalue weighted by molar-refractivity contribution is 6.25. The minimum atomic E-state index is -0.146. The van der Waals surface area contributed by atoms with E-state index >= 15 is 0 Å². The monoisotopic (exact) mass is 266 g/mol. The van der Waals surface area contributed by atoms with Gasteiger partial charge in [-0.2, -0.15) is 0 Å². The molecule has 1 fully saturated rings. The Morgan fingerprint density at radius 1 is 1.11 bits per heavy atom. The minimum absolute atomic E-state index is 0.146. The topological polar surface area (TPSA) is 0 Å². The smallest absolute Gasteiger partial charge is 0.123 e. The Kier molecular flexibility index (Phi) is 5.25. The molecular weight excluding hydrogens is 247 g/mol. The van der Waals surface area contributed by atoms with E-state index in [1.807, 2.05) is 12.1 Å². The van der Waals surface area contributed by atoms with Crippen molar-refractivity contribution in [2.75, 3.05) is 0 Å². The van der Waals surface area contributed by atoms with Crippen molar-refractivity contribution in [3.63, 3.8) is 0 Å². The Morgan fingerprint density at radius 2 is 1.78 bits per heavy atom. The molecule has 2 rings (SSSR count). The molecule has 0 amide bonds. The minimum Gasteiger partial charge on any atom is -0.207 e. The molecule has 1 aliphatic rings. The fourth-order valence-electron chi connectivity index (χ4n) is 2.79. The second-order valence-electron chi connectivity index (χ2n) is 5.26. The lowest BCUT2D eigenvalue weighted by atomic mass is 9.79. The summed E-state index contributed by atoms with van der Waals surface area (Å²) in [6.45, 7) is 0. The van der Waals surface area contributed by atoms with Crippen LogP contribution < -0.4 is 0 Å². The molecule has 1 aromatic carbocycles. The molecule has 0 saturated heterocycles. The molecular formula is C16H20ClF. The van der Waals surface area contributed by atoms with Gasteiger partial charge in [-0.25, -0.2) is 4.39 Å². The van der Waals surface area contributed by atoms with Crippen molar-refractivity contribution < 1.29 is 4.39 Å². The van der Waals surface area contributed by atoms with Gasteiger partial charge in [-0.15, -0.1) is 0 Å². The third kappa shape index (κ3) is 4.13. The summed E-state index contributed by atoms with van der Waals surface area (Å²) >= 11 is 5.61. The van der Waals surface area contributed by atoms with Crippen LogP contribution in [0.2, 0.25) is 0 Å². The van der Waals surface area contributed by atoms with Crippen LogP contribution in [0.4, 0.5) is 4.39 Å². The van der Waals surface area contributed by atoms with E-state index in [1.165, 1.54) is 37.7 Å². The lowest BCUT2D eigenvalue weighted by Crippen LogP contribution is -2.13. The van der Waals surface area contributed by atoms with E-state index < -0.39 is 0 Å². The molecule has 0 N–H and O–H groups in total. The van der Waals surface area contributed by atoms with Gasteiger partial charge in [-0.3, -0.25) is 0 Å². The number of benzene rings is 1. The lowest BCUT2D eigenvalue weighted by molar-refractivity contribution is 0.296. The van der Waals surface area contributed by atoms with Gasteiger partial charge in [0.15, 0.2) is 0 Å². The average Bonchev–Trinajstić information content (AvgIpc) is 2.40. The Labute approximate surface area is 114 Å². The summed E-state index contributed by atoms with van der Waals surface area (Å²) < 4.78 is 12.8. The van der Waals surface area contributed by atoms with Crippen molar-refractivity contribution in [2.24, 2.45) is 11.8 Å². The van der Waals surface area contributed by atoms with E-state index in [4.69, 9.17) is 11.6 Å². The van der Waals surface area contributed by atoms with Crippen LogP contribution in [0.15, 0.2) is 35.9 Å². The maximum Gasteiger partial charge on any atom is 0.123 e. The zero-order chi connectivity index (χ0) is 12.8. The molecule has 0 aromatic heterocycles. The first-order valence-corrected chi connectivity index (χ1v) is 7.23. The van der Waals surface area contributed by atoms with Gasteiger partial charge in [0.05, 0.1) is 0 Å². The SMILES string of the molecule is Fc1ccc(CCC2CCC(/C=C/Cl)CC2)cc1. The fraction of sp³-hybridized carbons (Fsp3) is 0.500. The third-order valence-corrected chi connectivity index (χ3v) is 4.14. The largest absolute Gasteiger partial charge is 0.207 e. The lowest BCUT2D eigenvalue weighted by Gasteiger charge is -2.26. The molecule has 0 bridgehead atoms. The van der Waals surface area contributed by atoms with Gasteiger partial charge >= 0.3 is 0 Å². The van der Waals surface area contributed by atoms with Gasteiger partial charge in [0.1, 0.15) is 5.82 Å². The van der Waals surface area contributed by atoms with E-state index in [2.05, 4.69) is 6.08 Å². The molecule has 2 heteroatoms. The molecule has 0 atom stereocenters. The molecule has 0 unspecified atom stereocenters. The van der Waals surface area contributed by atoms with Crippen LogP contribution in [0.5, 0.6) is 0 Å². The summed E-state index contributed by atoms with van der Waals surface area (Å²) in [5, 5.41) is 0. The van der Waals surface area contributed by atoms with E-state index in [-0.39, 0.29) is 5.82 Å². The maximum absolute atomic E-state index is 12.8. The summed E-state index contributed by atoms with van der Waals surface area (Å²) in [5.74, 6) is 1.37. The van der Waals surface area contributed by atoms with Gasteiger partial charge in [0.25, 0.3) is 0 Å². The molecule has 0 nitrogen and oxygen atoms in total. The van der Waals surface area contributed by atoms with Crippen molar-refractivity contribution >= 4 is 11.6 Å². The van der Waals surface area contributed by atoms with Crippen LogP contribution in [-0.2, 0) is 6.42 Å². The van der Waals surface area contributed by atoms with Crippen LogP contribution in [0.25, 0.3) is 0 Å². The molecule has 1 saturated carbocycles. The number of hydrogen-bond donors (Lipinski definition) is 0. The van der Waals surface area contributed by atoms with Gasteiger partial charge in [0.2, 0.25) is 0 Å². The predicted molar refractivity (Wildman–Crippen MR) is 75.2 cm³/mol. The maximum atomic E-state index is 12.8. The molecule has 1 aliphatic carbocycles. The van der Waals surface area contributed by atoms with Gasteiger partial charge in [-0.1, -0.05) is 29.8 Å². The summed E-state index contributed by atoms with van der Waals surface area (Å²) in [4.78, 5) is 0. The average molecular weight is 267 g/mol. The summed E-state index contributed by atoms with van der Waals surface area (Å²) in [6, 6.07) is 6.91. The number of halogens is 2. The van der Waals surface area contributed by atoms with Crippen LogP contribution >= 0.6 is 11.6 Å². The van der Waals surface area contributed by atoms with E-state index in [0.29, 0.717) is 5.92 Å². The number of rotatable bonds is 4. The molecule has 18 heavy (non-hydrogen) atoms. The van der Waals surface area contributed by atoms with E-state index in [9.17, 15) is 4.39 Å². The quantitative estimate of drug-likeness (QED) is 0.692.